The zero-order valence-corrected chi connectivity index (χ0v) is 12.3. The maximum atomic E-state index is 9.74. The van der Waals surface area contributed by atoms with Crippen molar-refractivity contribution in [3.05, 3.63) is 29.8 Å². The first-order chi connectivity index (χ1) is 9.52. The minimum absolute atomic E-state index is 0.0556. The molecule has 2 unspecified atom stereocenters. The average Bonchev–Trinajstić information content (AvgIpc) is 2.43. The first-order valence-electron chi connectivity index (χ1n) is 6.72. The maximum absolute atomic E-state index is 9.74. The molecular formula is C15H24O5. The number of aliphatic hydroxyl groups is 2. The fourth-order valence-electron chi connectivity index (χ4n) is 1.64. The summed E-state index contributed by atoms with van der Waals surface area (Å²) >= 11 is 0. The van der Waals surface area contributed by atoms with E-state index in [9.17, 15) is 10.2 Å². The van der Waals surface area contributed by atoms with Crippen molar-refractivity contribution < 1.29 is 24.4 Å². The van der Waals surface area contributed by atoms with Crippen LogP contribution in [0.25, 0.3) is 0 Å². The van der Waals surface area contributed by atoms with Gasteiger partial charge in [0.15, 0.2) is 0 Å². The smallest absolute Gasteiger partial charge is 0.119 e. The van der Waals surface area contributed by atoms with Crippen molar-refractivity contribution >= 4 is 0 Å². The molecule has 0 aliphatic carbocycles. The van der Waals surface area contributed by atoms with Gasteiger partial charge in [0, 0.05) is 7.11 Å². The summed E-state index contributed by atoms with van der Waals surface area (Å²) in [7, 11) is 1.61. The molecule has 1 aromatic carbocycles. The molecule has 1 rings (SSSR count). The van der Waals surface area contributed by atoms with E-state index in [2.05, 4.69) is 0 Å². The van der Waals surface area contributed by atoms with E-state index in [0.29, 0.717) is 12.4 Å². The molecule has 0 aliphatic rings. The lowest BCUT2D eigenvalue weighted by atomic mass is 10.1. The van der Waals surface area contributed by atoms with Crippen LogP contribution in [0.3, 0.4) is 0 Å². The van der Waals surface area contributed by atoms with Gasteiger partial charge in [-0.25, -0.2) is 0 Å². The van der Waals surface area contributed by atoms with Crippen LogP contribution in [0.4, 0.5) is 0 Å². The molecule has 0 radical (unpaired) electrons. The Morgan fingerprint density at radius 2 is 1.65 bits per heavy atom. The summed E-state index contributed by atoms with van der Waals surface area (Å²) in [5, 5.41) is 19.1. The van der Waals surface area contributed by atoms with Crippen molar-refractivity contribution in [3.63, 3.8) is 0 Å². The Bertz CT molecular complexity index is 363. The molecule has 0 heterocycles. The molecule has 2 N–H and O–H groups in total. The molecule has 0 fully saturated rings. The van der Waals surface area contributed by atoms with Gasteiger partial charge in [-0.3, -0.25) is 0 Å². The van der Waals surface area contributed by atoms with E-state index in [1.54, 1.807) is 38.3 Å². The summed E-state index contributed by atoms with van der Waals surface area (Å²) < 4.78 is 15.8. The number of methoxy groups -OCH3 is 1. The van der Waals surface area contributed by atoms with Crippen molar-refractivity contribution in [1.82, 2.24) is 0 Å². The summed E-state index contributed by atoms with van der Waals surface area (Å²) in [6.45, 7) is 4.45. The van der Waals surface area contributed by atoms with E-state index in [1.807, 2.05) is 6.92 Å². The van der Waals surface area contributed by atoms with E-state index in [-0.39, 0.29) is 19.3 Å². The Kier molecular flexibility index (Phi) is 7.54. The van der Waals surface area contributed by atoms with Gasteiger partial charge in [-0.1, -0.05) is 12.1 Å². The Morgan fingerprint density at radius 1 is 1.00 bits per heavy atom. The fraction of sp³-hybridized carbons (Fsp3) is 0.600. The zero-order valence-electron chi connectivity index (χ0n) is 12.3. The van der Waals surface area contributed by atoms with E-state index in [4.69, 9.17) is 14.2 Å². The van der Waals surface area contributed by atoms with E-state index in [1.165, 1.54) is 0 Å². The Balaban J connectivity index is 2.28. The molecule has 0 spiro atoms. The van der Waals surface area contributed by atoms with Gasteiger partial charge in [0.2, 0.25) is 0 Å². The average molecular weight is 284 g/mol. The van der Waals surface area contributed by atoms with Crippen LogP contribution < -0.4 is 4.74 Å². The van der Waals surface area contributed by atoms with Crippen LogP contribution in [0.1, 0.15) is 25.5 Å². The van der Waals surface area contributed by atoms with Gasteiger partial charge in [-0.2, -0.15) is 0 Å². The normalized spacial score (nSPS) is 15.7. The summed E-state index contributed by atoms with van der Waals surface area (Å²) in [4.78, 5) is 0. The van der Waals surface area contributed by atoms with Crippen LogP contribution in [-0.4, -0.2) is 49.4 Å². The highest BCUT2D eigenvalue weighted by Gasteiger charge is 2.09. The monoisotopic (exact) mass is 284 g/mol. The number of hydrogen-bond donors (Lipinski definition) is 2. The van der Waals surface area contributed by atoms with Crippen molar-refractivity contribution in [2.45, 2.75) is 32.2 Å². The zero-order chi connectivity index (χ0) is 15.0. The van der Waals surface area contributed by atoms with E-state index >= 15 is 0 Å². The number of hydrogen-bond acceptors (Lipinski definition) is 5. The van der Waals surface area contributed by atoms with Crippen LogP contribution >= 0.6 is 0 Å². The predicted molar refractivity (Wildman–Crippen MR) is 75.9 cm³/mol. The SMILES string of the molecule is COCC(C)OCC(O)COc1ccc([C@H](C)O)cc1. The number of ether oxygens (including phenoxy) is 3. The van der Waals surface area contributed by atoms with Crippen molar-refractivity contribution in [2.75, 3.05) is 26.9 Å². The molecule has 0 aromatic heterocycles. The summed E-state index contributed by atoms with van der Waals surface area (Å²) in [5.74, 6) is 0.651. The third kappa shape index (κ3) is 6.34. The van der Waals surface area contributed by atoms with Gasteiger partial charge in [-0.15, -0.1) is 0 Å². The lowest BCUT2D eigenvalue weighted by molar-refractivity contribution is -0.0423. The molecule has 0 amide bonds. The van der Waals surface area contributed by atoms with Gasteiger partial charge >= 0.3 is 0 Å². The molecule has 0 saturated carbocycles. The van der Waals surface area contributed by atoms with Crippen LogP contribution in [0.2, 0.25) is 0 Å². The molecule has 20 heavy (non-hydrogen) atoms. The molecule has 3 atom stereocenters. The van der Waals surface area contributed by atoms with Crippen LogP contribution in [0, 0.1) is 0 Å². The van der Waals surface area contributed by atoms with Crippen LogP contribution in [-0.2, 0) is 9.47 Å². The Morgan fingerprint density at radius 3 is 2.20 bits per heavy atom. The highest BCUT2D eigenvalue weighted by Crippen LogP contribution is 2.17. The first-order valence-corrected chi connectivity index (χ1v) is 6.72. The molecule has 0 aliphatic heterocycles. The highest BCUT2D eigenvalue weighted by molar-refractivity contribution is 5.28. The van der Waals surface area contributed by atoms with Gasteiger partial charge in [0.25, 0.3) is 0 Å². The maximum Gasteiger partial charge on any atom is 0.119 e. The van der Waals surface area contributed by atoms with Gasteiger partial charge in [0.05, 0.1) is 25.4 Å². The van der Waals surface area contributed by atoms with Gasteiger partial charge < -0.3 is 24.4 Å². The topological polar surface area (TPSA) is 68.2 Å². The fourth-order valence-corrected chi connectivity index (χ4v) is 1.64. The first kappa shape index (κ1) is 16.9. The number of aliphatic hydroxyl groups excluding tert-OH is 2. The summed E-state index contributed by atoms with van der Waals surface area (Å²) in [6, 6.07) is 7.12. The molecule has 0 saturated heterocycles. The van der Waals surface area contributed by atoms with Gasteiger partial charge in [0.1, 0.15) is 18.5 Å². The molecular weight excluding hydrogens is 260 g/mol. The largest absolute Gasteiger partial charge is 0.491 e. The molecule has 5 nitrogen and oxygen atoms in total. The molecule has 5 heteroatoms. The number of rotatable bonds is 9. The standard InChI is InChI=1S/C15H24O5/c1-11(8-18-3)19-9-14(17)10-20-15-6-4-13(5-7-15)12(2)16/h4-7,11-12,14,16-17H,8-10H2,1-3H3/t11?,12-,14?/m0/s1. The second-order valence-electron chi connectivity index (χ2n) is 4.81. The molecule has 114 valence electrons. The summed E-state index contributed by atoms with van der Waals surface area (Å²) in [6.07, 6.45) is -1.24. The second kappa shape index (κ2) is 8.92. The van der Waals surface area contributed by atoms with Crippen molar-refractivity contribution in [2.24, 2.45) is 0 Å². The predicted octanol–water partition coefficient (Wildman–Crippen LogP) is 1.53. The Hall–Kier alpha value is -1.14. The lowest BCUT2D eigenvalue weighted by Gasteiger charge is -2.16. The van der Waals surface area contributed by atoms with E-state index in [0.717, 1.165) is 5.56 Å². The van der Waals surface area contributed by atoms with Crippen molar-refractivity contribution in [1.29, 1.82) is 0 Å². The molecule has 0 bridgehead atoms. The molecule has 1 aromatic rings. The van der Waals surface area contributed by atoms with E-state index < -0.39 is 12.2 Å². The lowest BCUT2D eigenvalue weighted by Crippen LogP contribution is -2.27. The third-order valence-corrected chi connectivity index (χ3v) is 2.78. The number of benzene rings is 1. The Labute approximate surface area is 120 Å². The third-order valence-electron chi connectivity index (χ3n) is 2.78. The second-order valence-corrected chi connectivity index (χ2v) is 4.81. The minimum Gasteiger partial charge on any atom is -0.491 e. The summed E-state index contributed by atoms with van der Waals surface area (Å²) in [5.41, 5.74) is 0.828. The van der Waals surface area contributed by atoms with Crippen LogP contribution in [0.5, 0.6) is 5.75 Å². The van der Waals surface area contributed by atoms with Crippen molar-refractivity contribution in [3.8, 4) is 5.75 Å². The van der Waals surface area contributed by atoms with Gasteiger partial charge in [-0.05, 0) is 31.5 Å². The van der Waals surface area contributed by atoms with Crippen LogP contribution in [0.15, 0.2) is 24.3 Å². The quantitative estimate of drug-likeness (QED) is 0.720. The highest BCUT2D eigenvalue weighted by atomic mass is 16.5. The minimum atomic E-state index is -0.689.